The molecule has 3 heteroatoms. The Hall–Kier alpha value is -0.343. The zero-order chi connectivity index (χ0) is 18.6. The van der Waals surface area contributed by atoms with Crippen LogP contribution in [0.25, 0.3) is 0 Å². The third-order valence-corrected chi connectivity index (χ3v) is 12.5. The van der Waals surface area contributed by atoms with Crippen molar-refractivity contribution in [1.82, 2.24) is 0 Å². The van der Waals surface area contributed by atoms with Crippen LogP contribution in [-0.4, -0.2) is 8.07 Å². The van der Waals surface area contributed by atoms with Crippen LogP contribution in [0.15, 0.2) is 18.2 Å². The summed E-state index contributed by atoms with van der Waals surface area (Å²) in [5.74, 6) is 2.59. The quantitative estimate of drug-likeness (QED) is 0.427. The molecule has 1 aliphatic carbocycles. The van der Waals surface area contributed by atoms with E-state index >= 15 is 0 Å². The minimum absolute atomic E-state index is 0.236. The highest BCUT2D eigenvalue weighted by Gasteiger charge is 2.36. The molecule has 0 radical (unpaired) electrons. The Morgan fingerprint density at radius 3 is 2.31 bits per heavy atom. The molecule has 2 fully saturated rings. The van der Waals surface area contributed by atoms with Crippen LogP contribution in [0.3, 0.4) is 0 Å². The largest absolute Gasteiger partial charge is 0.205 e. The van der Waals surface area contributed by atoms with Crippen molar-refractivity contribution in [2.45, 2.75) is 89.4 Å². The van der Waals surface area contributed by atoms with Crippen LogP contribution < -0.4 is 0 Å². The summed E-state index contributed by atoms with van der Waals surface area (Å²) in [6, 6.07) is 10.0. The molecule has 1 aromatic carbocycles. The summed E-state index contributed by atoms with van der Waals surface area (Å²) in [4.78, 5) is 0. The maximum atomic E-state index is 13.6. The van der Waals surface area contributed by atoms with Gasteiger partial charge in [0.05, 0.1) is 13.1 Å². The highest BCUT2D eigenvalue weighted by Crippen LogP contribution is 2.44. The molecule has 2 aliphatic rings. The Morgan fingerprint density at radius 1 is 1.04 bits per heavy atom. The van der Waals surface area contributed by atoms with E-state index in [0.29, 0.717) is 0 Å². The third-order valence-electron chi connectivity index (χ3n) is 7.47. The number of hydrogen-bond donors (Lipinski definition) is 0. The minimum atomic E-state index is -0.854. The topological polar surface area (TPSA) is 0 Å². The molecule has 0 nitrogen and oxygen atoms in total. The lowest BCUT2D eigenvalue weighted by Gasteiger charge is -2.41. The number of hydrogen-bond acceptors (Lipinski definition) is 0. The summed E-state index contributed by atoms with van der Waals surface area (Å²) in [6.45, 7) is 5.02. The Labute approximate surface area is 165 Å². The van der Waals surface area contributed by atoms with Crippen molar-refractivity contribution >= 4 is 19.7 Å². The lowest BCUT2D eigenvalue weighted by molar-refractivity contribution is 0.185. The Kier molecular flexibility index (Phi) is 7.24. The normalized spacial score (nSPS) is 32.5. The smallest absolute Gasteiger partial charge is 0.142 e. The molecule has 3 rings (SSSR count). The van der Waals surface area contributed by atoms with Crippen LogP contribution in [0.1, 0.15) is 63.9 Å². The van der Waals surface area contributed by atoms with E-state index < -0.39 is 8.07 Å². The zero-order valence-electron chi connectivity index (χ0n) is 16.7. The SMILES string of the molecule is CCC[Si@]1(C)CC[C@@H](C2CCC(CCc3ccc(Cl)c(F)c3)CC2)CC1. The van der Waals surface area contributed by atoms with E-state index in [1.807, 2.05) is 6.07 Å². The molecule has 146 valence electrons. The standard InChI is InChI=1S/C23H36ClFSi/c1-3-14-26(2)15-12-21(13-16-26)20-9-6-18(7-10-20)4-5-19-8-11-22(24)23(25)17-19/h8,11,17-18,20-21H,3-7,9-10,12-16H2,1-2H3/t18?,20?,21-,26-. The zero-order valence-corrected chi connectivity index (χ0v) is 18.5. The predicted octanol–water partition coefficient (Wildman–Crippen LogP) is 8.12. The van der Waals surface area contributed by atoms with Crippen molar-refractivity contribution in [3.05, 3.63) is 34.6 Å². The van der Waals surface area contributed by atoms with E-state index in [9.17, 15) is 4.39 Å². The molecule has 1 saturated heterocycles. The highest BCUT2D eigenvalue weighted by molar-refractivity contribution is 6.78. The van der Waals surface area contributed by atoms with Gasteiger partial charge in [-0.2, -0.15) is 0 Å². The Morgan fingerprint density at radius 2 is 1.69 bits per heavy atom. The fraction of sp³-hybridized carbons (Fsp3) is 0.739. The van der Waals surface area contributed by atoms with Gasteiger partial charge < -0.3 is 0 Å². The van der Waals surface area contributed by atoms with Gasteiger partial charge in [-0.3, -0.25) is 0 Å². The minimum Gasteiger partial charge on any atom is -0.205 e. The van der Waals surface area contributed by atoms with Gasteiger partial charge >= 0.3 is 0 Å². The van der Waals surface area contributed by atoms with Crippen LogP contribution in [0.5, 0.6) is 0 Å². The monoisotopic (exact) mass is 394 g/mol. The van der Waals surface area contributed by atoms with Crippen LogP contribution in [0.4, 0.5) is 4.39 Å². The average Bonchev–Trinajstić information content (AvgIpc) is 2.64. The fourth-order valence-corrected chi connectivity index (χ4v) is 9.89. The molecule has 0 bridgehead atoms. The van der Waals surface area contributed by atoms with Gasteiger partial charge in [0, 0.05) is 0 Å². The van der Waals surface area contributed by atoms with E-state index in [2.05, 4.69) is 13.5 Å². The van der Waals surface area contributed by atoms with Gasteiger partial charge in [-0.05, 0) is 61.1 Å². The number of benzene rings is 1. The van der Waals surface area contributed by atoms with E-state index in [4.69, 9.17) is 11.6 Å². The van der Waals surface area contributed by atoms with Crippen molar-refractivity contribution in [3.8, 4) is 0 Å². The van der Waals surface area contributed by atoms with Crippen molar-refractivity contribution in [1.29, 1.82) is 0 Å². The van der Waals surface area contributed by atoms with Crippen molar-refractivity contribution in [2.24, 2.45) is 17.8 Å². The molecule has 0 atom stereocenters. The number of halogens is 2. The van der Waals surface area contributed by atoms with Crippen LogP contribution in [0, 0.1) is 23.6 Å². The molecule has 26 heavy (non-hydrogen) atoms. The maximum absolute atomic E-state index is 13.6. The summed E-state index contributed by atoms with van der Waals surface area (Å²) in [5.41, 5.74) is 1.10. The number of rotatable bonds is 6. The first kappa shape index (κ1) is 20.4. The van der Waals surface area contributed by atoms with Crippen LogP contribution in [-0.2, 0) is 6.42 Å². The Bertz CT molecular complexity index is 572. The lowest BCUT2D eigenvalue weighted by atomic mass is 9.73. The summed E-state index contributed by atoms with van der Waals surface area (Å²) in [5, 5.41) is 0.236. The van der Waals surface area contributed by atoms with Crippen LogP contribution >= 0.6 is 11.6 Å². The molecule has 0 N–H and O–H groups in total. The van der Waals surface area contributed by atoms with Gasteiger partial charge in [-0.1, -0.05) is 81.4 Å². The number of aryl methyl sites for hydroxylation is 1. The highest BCUT2D eigenvalue weighted by atomic mass is 35.5. The second kappa shape index (κ2) is 9.23. The fourth-order valence-electron chi connectivity index (χ4n) is 5.68. The van der Waals surface area contributed by atoms with Crippen LogP contribution in [0.2, 0.25) is 29.7 Å². The van der Waals surface area contributed by atoms with Crippen molar-refractivity contribution < 1.29 is 4.39 Å². The second-order valence-corrected chi connectivity index (χ2v) is 15.0. The summed E-state index contributed by atoms with van der Waals surface area (Å²) in [6.07, 6.45) is 12.3. The lowest BCUT2D eigenvalue weighted by Crippen LogP contribution is -2.37. The van der Waals surface area contributed by atoms with Crippen molar-refractivity contribution in [3.63, 3.8) is 0 Å². The van der Waals surface area contributed by atoms with Gasteiger partial charge in [0.25, 0.3) is 0 Å². The molecular weight excluding hydrogens is 359 g/mol. The van der Waals surface area contributed by atoms with Gasteiger partial charge in [-0.25, -0.2) is 4.39 Å². The van der Waals surface area contributed by atoms with E-state index in [0.717, 1.165) is 29.7 Å². The molecule has 1 aliphatic heterocycles. The van der Waals surface area contributed by atoms with Gasteiger partial charge in [-0.15, -0.1) is 0 Å². The molecule has 1 saturated carbocycles. The first-order valence-electron chi connectivity index (χ1n) is 10.9. The average molecular weight is 395 g/mol. The maximum Gasteiger partial charge on any atom is 0.142 e. The molecule has 0 aromatic heterocycles. The van der Waals surface area contributed by atoms with Gasteiger partial charge in [0.2, 0.25) is 0 Å². The molecule has 0 unspecified atom stereocenters. The van der Waals surface area contributed by atoms with Gasteiger partial charge in [0.1, 0.15) is 5.82 Å². The molecular formula is C23H36ClFSi. The van der Waals surface area contributed by atoms with E-state index in [1.54, 1.807) is 30.3 Å². The first-order valence-corrected chi connectivity index (χ1v) is 14.4. The van der Waals surface area contributed by atoms with Gasteiger partial charge in [0.15, 0.2) is 0 Å². The molecule has 0 spiro atoms. The summed E-state index contributed by atoms with van der Waals surface area (Å²) < 4.78 is 13.6. The van der Waals surface area contributed by atoms with Crippen molar-refractivity contribution in [2.75, 3.05) is 0 Å². The molecule has 1 aromatic rings. The second-order valence-electron chi connectivity index (χ2n) is 9.47. The molecule has 1 heterocycles. The van der Waals surface area contributed by atoms with E-state index in [-0.39, 0.29) is 10.8 Å². The predicted molar refractivity (Wildman–Crippen MR) is 114 cm³/mol. The summed E-state index contributed by atoms with van der Waals surface area (Å²) >= 11 is 5.78. The first-order chi connectivity index (χ1) is 12.5. The molecule has 0 amide bonds. The Balaban J connectivity index is 1.40. The third kappa shape index (κ3) is 5.35. The van der Waals surface area contributed by atoms with E-state index in [1.165, 1.54) is 51.4 Å². The summed E-state index contributed by atoms with van der Waals surface area (Å²) in [7, 11) is -0.854.